The number of fused-ring (bicyclic) bond motifs is 2. The molecule has 5 heteroatoms. The molecule has 2 bridgehead atoms. The molecule has 2 atom stereocenters. The maximum absolute atomic E-state index is 12.7. The van der Waals surface area contributed by atoms with Gasteiger partial charge >= 0.3 is 0 Å². The summed E-state index contributed by atoms with van der Waals surface area (Å²) in [5.74, 6) is 0.589. The number of benzene rings is 1. The Kier molecular flexibility index (Phi) is 3.56. The average molecular weight is 308 g/mol. The predicted octanol–water partition coefficient (Wildman–Crippen LogP) is 2.54. The Morgan fingerprint density at radius 3 is 2.38 bits per heavy atom. The number of Topliss-reactive ketones (excluding diaryl/α,β-unsaturated/α-hetero) is 1. The van der Waals surface area contributed by atoms with Crippen molar-refractivity contribution < 1.29 is 17.9 Å². The molecule has 21 heavy (non-hydrogen) atoms. The molecule has 2 unspecified atom stereocenters. The van der Waals surface area contributed by atoms with Crippen molar-refractivity contribution >= 4 is 15.6 Å². The second-order valence-corrected chi connectivity index (χ2v) is 8.64. The third-order valence-electron chi connectivity index (χ3n) is 4.90. The van der Waals surface area contributed by atoms with Crippen molar-refractivity contribution in [3.63, 3.8) is 0 Å². The summed E-state index contributed by atoms with van der Waals surface area (Å²) in [5, 5.41) is -0.616. The summed E-state index contributed by atoms with van der Waals surface area (Å²) in [6.45, 7) is 1.93. The van der Waals surface area contributed by atoms with Gasteiger partial charge in [0, 0.05) is 11.5 Å². The van der Waals surface area contributed by atoms with Crippen LogP contribution in [0.5, 0.6) is 5.75 Å². The molecule has 2 heterocycles. The van der Waals surface area contributed by atoms with Gasteiger partial charge in [-0.1, -0.05) is 12.1 Å². The molecule has 3 rings (SSSR count). The van der Waals surface area contributed by atoms with E-state index < -0.39 is 9.84 Å². The summed E-state index contributed by atoms with van der Waals surface area (Å²) in [6.07, 6.45) is 2.39. The van der Waals surface area contributed by atoms with Gasteiger partial charge in [0.15, 0.2) is 15.6 Å². The minimum absolute atomic E-state index is 0.0556. The Bertz CT molecular complexity index is 658. The van der Waals surface area contributed by atoms with E-state index in [4.69, 9.17) is 4.74 Å². The van der Waals surface area contributed by atoms with E-state index in [9.17, 15) is 13.2 Å². The van der Waals surface area contributed by atoms with E-state index in [0.717, 1.165) is 5.56 Å². The number of ketones is 1. The van der Waals surface area contributed by atoms with Crippen molar-refractivity contribution in [1.82, 2.24) is 0 Å². The van der Waals surface area contributed by atoms with Crippen LogP contribution in [0, 0.1) is 12.8 Å². The van der Waals surface area contributed by atoms with E-state index in [1.54, 1.807) is 13.2 Å². The molecule has 1 aromatic carbocycles. The first-order chi connectivity index (χ1) is 9.93. The molecule has 2 fully saturated rings. The molecule has 0 spiro atoms. The SMILES string of the molecule is COc1cc(C(=O)C2CC3CCC(C2)S3(=O)=O)ccc1C. The lowest BCUT2D eigenvalue weighted by molar-refractivity contribution is 0.0905. The molecule has 0 radical (unpaired) electrons. The van der Waals surface area contributed by atoms with Crippen LogP contribution in [0.4, 0.5) is 0 Å². The number of ether oxygens (including phenoxy) is 1. The summed E-state index contributed by atoms with van der Waals surface area (Å²) in [4.78, 5) is 12.7. The Morgan fingerprint density at radius 1 is 1.19 bits per heavy atom. The zero-order valence-electron chi connectivity index (χ0n) is 12.3. The van der Waals surface area contributed by atoms with Crippen molar-refractivity contribution in [2.24, 2.45) is 5.92 Å². The first-order valence-electron chi connectivity index (χ1n) is 7.35. The van der Waals surface area contributed by atoms with Crippen LogP contribution in [0.25, 0.3) is 0 Å². The molecule has 2 saturated heterocycles. The minimum Gasteiger partial charge on any atom is -0.496 e. The number of carbonyl (C=O) groups excluding carboxylic acids is 1. The second-order valence-electron chi connectivity index (χ2n) is 6.13. The number of hydrogen-bond donors (Lipinski definition) is 0. The van der Waals surface area contributed by atoms with Gasteiger partial charge in [-0.05, 0) is 44.2 Å². The number of sulfone groups is 1. The van der Waals surface area contributed by atoms with Crippen molar-refractivity contribution in [3.8, 4) is 5.75 Å². The fourth-order valence-electron chi connectivity index (χ4n) is 3.63. The summed E-state index contributed by atoms with van der Waals surface area (Å²) < 4.78 is 29.4. The maximum Gasteiger partial charge on any atom is 0.166 e. The van der Waals surface area contributed by atoms with Crippen LogP contribution in [-0.2, 0) is 9.84 Å². The van der Waals surface area contributed by atoms with Crippen LogP contribution in [0.3, 0.4) is 0 Å². The molecule has 2 aliphatic rings. The van der Waals surface area contributed by atoms with E-state index in [0.29, 0.717) is 37.0 Å². The van der Waals surface area contributed by atoms with Gasteiger partial charge in [-0.2, -0.15) is 0 Å². The summed E-state index contributed by atoms with van der Waals surface area (Å²) in [6, 6.07) is 5.45. The first kappa shape index (κ1) is 14.6. The van der Waals surface area contributed by atoms with Gasteiger partial charge in [0.2, 0.25) is 0 Å². The van der Waals surface area contributed by atoms with Crippen molar-refractivity contribution in [3.05, 3.63) is 29.3 Å². The molecule has 114 valence electrons. The highest BCUT2D eigenvalue weighted by molar-refractivity contribution is 7.93. The third kappa shape index (κ3) is 2.37. The molecule has 1 aromatic rings. The largest absolute Gasteiger partial charge is 0.496 e. The van der Waals surface area contributed by atoms with Crippen molar-refractivity contribution in [2.45, 2.75) is 43.1 Å². The lowest BCUT2D eigenvalue weighted by Crippen LogP contribution is -2.36. The van der Waals surface area contributed by atoms with Crippen LogP contribution in [0.1, 0.15) is 41.6 Å². The maximum atomic E-state index is 12.7. The number of aryl methyl sites for hydroxylation is 1. The van der Waals surface area contributed by atoms with Crippen molar-refractivity contribution in [2.75, 3.05) is 7.11 Å². The van der Waals surface area contributed by atoms with Gasteiger partial charge in [-0.3, -0.25) is 4.79 Å². The number of carbonyl (C=O) groups is 1. The predicted molar refractivity (Wildman–Crippen MR) is 80.5 cm³/mol. The lowest BCUT2D eigenvalue weighted by Gasteiger charge is -2.27. The fraction of sp³-hybridized carbons (Fsp3) is 0.562. The third-order valence-corrected chi connectivity index (χ3v) is 7.61. The van der Waals surface area contributed by atoms with Crippen molar-refractivity contribution in [1.29, 1.82) is 0 Å². The number of hydrogen-bond acceptors (Lipinski definition) is 4. The highest BCUT2D eigenvalue weighted by Gasteiger charge is 2.48. The van der Waals surface area contributed by atoms with Gasteiger partial charge in [-0.15, -0.1) is 0 Å². The average Bonchev–Trinajstić information content (AvgIpc) is 2.67. The van der Waals surface area contributed by atoms with Gasteiger partial charge in [0.1, 0.15) is 5.75 Å². The molecule has 0 N–H and O–H groups in total. The van der Waals surface area contributed by atoms with Gasteiger partial charge in [0.25, 0.3) is 0 Å². The molecule has 0 amide bonds. The highest BCUT2D eigenvalue weighted by Crippen LogP contribution is 2.42. The van der Waals surface area contributed by atoms with E-state index in [2.05, 4.69) is 0 Å². The topological polar surface area (TPSA) is 60.4 Å². The smallest absolute Gasteiger partial charge is 0.166 e. The van der Waals surface area contributed by atoms with Crippen LogP contribution < -0.4 is 4.74 Å². The highest BCUT2D eigenvalue weighted by atomic mass is 32.2. The van der Waals surface area contributed by atoms with Gasteiger partial charge in [0.05, 0.1) is 17.6 Å². The monoisotopic (exact) mass is 308 g/mol. The Morgan fingerprint density at radius 2 is 1.81 bits per heavy atom. The van der Waals surface area contributed by atoms with E-state index in [1.165, 1.54) is 0 Å². The van der Waals surface area contributed by atoms with E-state index in [-0.39, 0.29) is 22.2 Å². The molecule has 2 aliphatic heterocycles. The van der Waals surface area contributed by atoms with Crippen LogP contribution in [0.2, 0.25) is 0 Å². The summed E-state index contributed by atoms with van der Waals surface area (Å²) in [5.41, 5.74) is 1.61. The van der Waals surface area contributed by atoms with Crippen LogP contribution in [-0.4, -0.2) is 31.8 Å². The van der Waals surface area contributed by atoms with Crippen LogP contribution >= 0.6 is 0 Å². The Labute approximate surface area is 125 Å². The first-order valence-corrected chi connectivity index (χ1v) is 8.96. The molecule has 4 nitrogen and oxygen atoms in total. The summed E-state index contributed by atoms with van der Waals surface area (Å²) in [7, 11) is -1.39. The zero-order chi connectivity index (χ0) is 15.2. The standard InChI is InChI=1S/C16H20O4S/c1-10-3-4-11(9-15(10)20-2)16(17)12-7-13-5-6-14(8-12)21(13,18)19/h3-4,9,12-14H,5-8H2,1-2H3. The molecular weight excluding hydrogens is 288 g/mol. The molecule has 0 aromatic heterocycles. The normalized spacial score (nSPS) is 30.1. The Balaban J connectivity index is 1.84. The quantitative estimate of drug-likeness (QED) is 0.805. The minimum atomic E-state index is -2.97. The Hall–Kier alpha value is -1.36. The van der Waals surface area contributed by atoms with Crippen LogP contribution in [0.15, 0.2) is 18.2 Å². The number of rotatable bonds is 3. The van der Waals surface area contributed by atoms with E-state index >= 15 is 0 Å². The molecule has 0 aliphatic carbocycles. The second kappa shape index (κ2) is 5.13. The number of methoxy groups -OCH3 is 1. The fourth-order valence-corrected chi connectivity index (χ4v) is 6.11. The summed E-state index contributed by atoms with van der Waals surface area (Å²) >= 11 is 0. The van der Waals surface area contributed by atoms with E-state index in [1.807, 2.05) is 19.1 Å². The molecule has 0 saturated carbocycles. The lowest BCUT2D eigenvalue weighted by atomic mass is 9.90. The van der Waals surface area contributed by atoms with Gasteiger partial charge < -0.3 is 4.74 Å². The zero-order valence-corrected chi connectivity index (χ0v) is 13.2. The molecular formula is C16H20O4S. The van der Waals surface area contributed by atoms with Gasteiger partial charge in [-0.25, -0.2) is 8.42 Å².